The summed E-state index contributed by atoms with van der Waals surface area (Å²) in [5, 5.41) is 6.54. The fourth-order valence-corrected chi connectivity index (χ4v) is 0.863. The lowest BCUT2D eigenvalue weighted by molar-refractivity contribution is 0.0508. The van der Waals surface area contributed by atoms with E-state index in [1.165, 1.54) is 0 Å². The Bertz CT molecular complexity index is 346. The second-order valence-electron chi connectivity index (χ2n) is 3.52. The second-order valence-corrected chi connectivity index (χ2v) is 3.52. The normalized spacial score (nSPS) is 11.5. The van der Waals surface area contributed by atoms with Gasteiger partial charge in [0.2, 0.25) is 5.89 Å². The van der Waals surface area contributed by atoms with E-state index in [2.05, 4.69) is 15.5 Å². The van der Waals surface area contributed by atoms with Crippen LogP contribution in [-0.4, -0.2) is 29.8 Å². The monoisotopic (exact) mass is 213 g/mol. The Hall–Kier alpha value is -1.43. The number of rotatable bonds is 4. The Morgan fingerprint density at radius 3 is 2.80 bits per heavy atom. The van der Waals surface area contributed by atoms with Crippen LogP contribution in [0.15, 0.2) is 4.52 Å². The molecule has 1 aromatic heterocycles. The lowest BCUT2D eigenvalue weighted by Gasteiger charge is -2.17. The van der Waals surface area contributed by atoms with Crippen molar-refractivity contribution in [2.75, 3.05) is 13.7 Å². The van der Waals surface area contributed by atoms with Crippen molar-refractivity contribution in [1.82, 2.24) is 15.5 Å². The van der Waals surface area contributed by atoms with Crippen LogP contribution in [0.3, 0.4) is 0 Å². The van der Waals surface area contributed by atoms with E-state index in [1.54, 1.807) is 14.0 Å². The van der Waals surface area contributed by atoms with Crippen molar-refractivity contribution in [3.63, 3.8) is 0 Å². The fraction of sp³-hybridized carbons (Fsp3) is 0.667. The van der Waals surface area contributed by atoms with Gasteiger partial charge in [0.15, 0.2) is 0 Å². The zero-order chi connectivity index (χ0) is 11.5. The summed E-state index contributed by atoms with van der Waals surface area (Å²) >= 11 is 0. The molecule has 6 nitrogen and oxygen atoms in total. The molecule has 1 N–H and O–H groups in total. The highest BCUT2D eigenvalue weighted by molar-refractivity contribution is 5.84. The third-order valence-electron chi connectivity index (χ3n) is 2.04. The first kappa shape index (κ1) is 11.6. The number of hydrogen-bond acceptors (Lipinski definition) is 6. The molecule has 84 valence electrons. The zero-order valence-corrected chi connectivity index (χ0v) is 9.33. The topological polar surface area (TPSA) is 77.2 Å². The predicted molar refractivity (Wildman–Crippen MR) is 52.3 cm³/mol. The van der Waals surface area contributed by atoms with Crippen LogP contribution in [0.5, 0.6) is 0 Å². The summed E-state index contributed by atoms with van der Waals surface area (Å²) in [7, 11) is 1.77. The number of esters is 1. The maximum absolute atomic E-state index is 11.2. The molecule has 0 saturated heterocycles. The van der Waals surface area contributed by atoms with Gasteiger partial charge in [0.1, 0.15) is 0 Å². The highest BCUT2D eigenvalue weighted by atomic mass is 16.5. The quantitative estimate of drug-likeness (QED) is 0.742. The molecule has 6 heteroatoms. The largest absolute Gasteiger partial charge is 0.460 e. The predicted octanol–water partition coefficient (Wildman–Crippen LogP) is 0.701. The first-order valence-electron chi connectivity index (χ1n) is 4.71. The summed E-state index contributed by atoms with van der Waals surface area (Å²) in [5.41, 5.74) is -0.461. The van der Waals surface area contributed by atoms with Gasteiger partial charge in [-0.1, -0.05) is 0 Å². The summed E-state index contributed by atoms with van der Waals surface area (Å²) < 4.78 is 9.71. The molecule has 0 bridgehead atoms. The summed E-state index contributed by atoms with van der Waals surface area (Å²) in [6.07, 6.45) is 0. The van der Waals surface area contributed by atoms with Crippen LogP contribution in [0, 0.1) is 0 Å². The molecule has 15 heavy (non-hydrogen) atoms. The van der Waals surface area contributed by atoms with Crippen molar-refractivity contribution in [3.05, 3.63) is 11.7 Å². The van der Waals surface area contributed by atoms with Crippen LogP contribution in [0.25, 0.3) is 0 Å². The standard InChI is InChI=1S/C9H15N3O3/c1-5-14-7(13)6-11-8(15-12-6)9(2,3)10-4/h10H,5H2,1-4H3. The molecule has 0 unspecified atom stereocenters. The average molecular weight is 213 g/mol. The number of carbonyl (C=O) groups is 1. The van der Waals surface area contributed by atoms with Gasteiger partial charge < -0.3 is 14.6 Å². The van der Waals surface area contributed by atoms with E-state index in [9.17, 15) is 4.79 Å². The molecule has 0 aliphatic heterocycles. The van der Waals surface area contributed by atoms with Gasteiger partial charge in [-0.3, -0.25) is 0 Å². The van der Waals surface area contributed by atoms with Crippen molar-refractivity contribution in [3.8, 4) is 0 Å². The van der Waals surface area contributed by atoms with Crippen LogP contribution in [0.4, 0.5) is 0 Å². The van der Waals surface area contributed by atoms with Crippen LogP contribution in [-0.2, 0) is 10.3 Å². The number of nitrogens with one attached hydrogen (secondary N) is 1. The summed E-state index contributed by atoms with van der Waals surface area (Å²) in [5.74, 6) is -0.261. The molecule has 0 aliphatic rings. The minimum atomic E-state index is -0.570. The number of hydrogen-bond donors (Lipinski definition) is 1. The molecule has 0 spiro atoms. The molecule has 0 radical (unpaired) electrons. The van der Waals surface area contributed by atoms with Gasteiger partial charge in [-0.15, -0.1) is 0 Å². The van der Waals surface area contributed by atoms with Gasteiger partial charge in [-0.05, 0) is 33.0 Å². The van der Waals surface area contributed by atoms with E-state index < -0.39 is 11.5 Å². The Labute approximate surface area is 88.0 Å². The maximum atomic E-state index is 11.2. The minimum Gasteiger partial charge on any atom is -0.460 e. The number of carbonyl (C=O) groups excluding carboxylic acids is 1. The van der Waals surface area contributed by atoms with Crippen LogP contribution >= 0.6 is 0 Å². The molecule has 0 fully saturated rings. The van der Waals surface area contributed by atoms with E-state index >= 15 is 0 Å². The van der Waals surface area contributed by atoms with Crippen molar-refractivity contribution in [2.24, 2.45) is 0 Å². The van der Waals surface area contributed by atoms with Gasteiger partial charge in [-0.2, -0.15) is 4.98 Å². The Morgan fingerprint density at radius 1 is 1.60 bits per heavy atom. The molecule has 0 saturated carbocycles. The molecule has 1 rings (SSSR count). The summed E-state index contributed by atoms with van der Waals surface area (Å²) in [6.45, 7) is 5.75. The number of ether oxygens (including phenoxy) is 1. The number of nitrogens with zero attached hydrogens (tertiary/aromatic N) is 2. The third-order valence-corrected chi connectivity index (χ3v) is 2.04. The minimum absolute atomic E-state index is 0.0461. The third kappa shape index (κ3) is 2.53. The average Bonchev–Trinajstić information content (AvgIpc) is 2.67. The summed E-state index contributed by atoms with van der Waals surface area (Å²) in [6, 6.07) is 0. The number of aromatic nitrogens is 2. The molecular weight excluding hydrogens is 198 g/mol. The van der Waals surface area contributed by atoms with Crippen molar-refractivity contribution in [2.45, 2.75) is 26.3 Å². The van der Waals surface area contributed by atoms with E-state index in [4.69, 9.17) is 9.26 Å². The Kier molecular flexibility index (Phi) is 3.41. The van der Waals surface area contributed by atoms with Gasteiger partial charge in [-0.25, -0.2) is 4.79 Å². The Morgan fingerprint density at radius 2 is 2.27 bits per heavy atom. The SMILES string of the molecule is CCOC(=O)c1noc(C(C)(C)NC)n1. The van der Waals surface area contributed by atoms with E-state index in [0.717, 1.165) is 0 Å². The van der Waals surface area contributed by atoms with Gasteiger partial charge in [0.25, 0.3) is 5.82 Å². The maximum Gasteiger partial charge on any atom is 0.379 e. The first-order chi connectivity index (χ1) is 7.01. The van der Waals surface area contributed by atoms with Gasteiger partial charge in [0.05, 0.1) is 12.1 Å². The molecular formula is C9H15N3O3. The van der Waals surface area contributed by atoms with Crippen LogP contribution < -0.4 is 5.32 Å². The Balaban J connectivity index is 2.85. The first-order valence-corrected chi connectivity index (χ1v) is 4.71. The molecule has 0 aliphatic carbocycles. The van der Waals surface area contributed by atoms with Crippen molar-refractivity contribution in [1.29, 1.82) is 0 Å². The van der Waals surface area contributed by atoms with Crippen molar-refractivity contribution < 1.29 is 14.1 Å². The summed E-state index contributed by atoms with van der Waals surface area (Å²) in [4.78, 5) is 15.2. The lowest BCUT2D eigenvalue weighted by Crippen LogP contribution is -2.33. The smallest absolute Gasteiger partial charge is 0.379 e. The highest BCUT2D eigenvalue weighted by Crippen LogP contribution is 2.16. The van der Waals surface area contributed by atoms with E-state index in [0.29, 0.717) is 5.89 Å². The lowest BCUT2D eigenvalue weighted by atomic mass is 10.1. The second kappa shape index (κ2) is 4.39. The van der Waals surface area contributed by atoms with Gasteiger partial charge >= 0.3 is 5.97 Å². The van der Waals surface area contributed by atoms with E-state index in [1.807, 2.05) is 13.8 Å². The molecule has 0 aromatic carbocycles. The molecule has 0 amide bonds. The fourth-order valence-electron chi connectivity index (χ4n) is 0.863. The van der Waals surface area contributed by atoms with E-state index in [-0.39, 0.29) is 12.4 Å². The zero-order valence-electron chi connectivity index (χ0n) is 9.33. The molecule has 1 aromatic rings. The van der Waals surface area contributed by atoms with Crippen LogP contribution in [0.2, 0.25) is 0 Å². The highest BCUT2D eigenvalue weighted by Gasteiger charge is 2.27. The van der Waals surface area contributed by atoms with Crippen LogP contribution in [0.1, 0.15) is 37.3 Å². The van der Waals surface area contributed by atoms with Crippen molar-refractivity contribution >= 4 is 5.97 Å². The molecule has 1 heterocycles. The molecule has 0 atom stereocenters. The van der Waals surface area contributed by atoms with Gasteiger partial charge in [0, 0.05) is 0 Å².